The standard InChI is InChI=1S/C28H28O4/c1-17-9-18(2)12-23(11-17)27(29)31-25-15-21-7-5-6-8-22(21)16-26(25)32-28(30)24-13-19(3)10-20(4)14-24/h5-14,25-26H,15-16H2,1-4H3/t25-,26+. The Kier molecular flexibility index (Phi) is 6.13. The summed E-state index contributed by atoms with van der Waals surface area (Å²) < 4.78 is 11.8. The van der Waals surface area contributed by atoms with E-state index in [4.69, 9.17) is 9.47 Å². The minimum atomic E-state index is -0.548. The van der Waals surface area contributed by atoms with Crippen molar-refractivity contribution in [1.82, 2.24) is 0 Å². The smallest absolute Gasteiger partial charge is 0.338 e. The molecule has 32 heavy (non-hydrogen) atoms. The number of aryl methyl sites for hydroxylation is 4. The van der Waals surface area contributed by atoms with Crippen LogP contribution in [0.5, 0.6) is 0 Å². The molecule has 0 aromatic heterocycles. The Morgan fingerprint density at radius 3 is 1.31 bits per heavy atom. The molecule has 164 valence electrons. The zero-order chi connectivity index (χ0) is 22.8. The maximum absolute atomic E-state index is 13.0. The Balaban J connectivity index is 1.59. The number of hydrogen-bond donors (Lipinski definition) is 0. The number of ether oxygens (including phenoxy) is 2. The summed E-state index contributed by atoms with van der Waals surface area (Å²) in [7, 11) is 0. The van der Waals surface area contributed by atoms with Crippen LogP contribution in [-0.2, 0) is 22.3 Å². The van der Waals surface area contributed by atoms with E-state index in [9.17, 15) is 9.59 Å². The lowest BCUT2D eigenvalue weighted by molar-refractivity contribution is -0.0389. The van der Waals surface area contributed by atoms with Gasteiger partial charge in [-0.15, -0.1) is 0 Å². The van der Waals surface area contributed by atoms with E-state index in [1.807, 2.05) is 88.4 Å². The van der Waals surface area contributed by atoms with Gasteiger partial charge in [-0.1, -0.05) is 58.7 Å². The lowest BCUT2D eigenvalue weighted by Gasteiger charge is -2.32. The van der Waals surface area contributed by atoms with E-state index >= 15 is 0 Å². The fourth-order valence-electron chi connectivity index (χ4n) is 4.48. The van der Waals surface area contributed by atoms with Crippen LogP contribution in [0.4, 0.5) is 0 Å². The molecular weight excluding hydrogens is 400 g/mol. The van der Waals surface area contributed by atoms with Crippen LogP contribution in [0.15, 0.2) is 60.7 Å². The average molecular weight is 429 g/mol. The van der Waals surface area contributed by atoms with E-state index < -0.39 is 24.1 Å². The van der Waals surface area contributed by atoms with Crippen molar-refractivity contribution in [2.45, 2.75) is 52.7 Å². The molecule has 4 rings (SSSR count). The minimum Gasteiger partial charge on any atom is -0.454 e. The van der Waals surface area contributed by atoms with Gasteiger partial charge in [0.25, 0.3) is 0 Å². The zero-order valence-corrected chi connectivity index (χ0v) is 19.0. The summed E-state index contributed by atoms with van der Waals surface area (Å²) in [6.45, 7) is 7.81. The highest BCUT2D eigenvalue weighted by atomic mass is 16.6. The van der Waals surface area contributed by atoms with Crippen LogP contribution < -0.4 is 0 Å². The zero-order valence-electron chi connectivity index (χ0n) is 19.0. The molecule has 1 aliphatic rings. The molecule has 0 fully saturated rings. The number of fused-ring (bicyclic) bond motifs is 1. The molecule has 0 radical (unpaired) electrons. The van der Waals surface area contributed by atoms with E-state index in [1.54, 1.807) is 0 Å². The van der Waals surface area contributed by atoms with Crippen LogP contribution in [0.1, 0.15) is 54.1 Å². The van der Waals surface area contributed by atoms with Gasteiger partial charge in [-0.3, -0.25) is 0 Å². The number of carbonyl (C=O) groups is 2. The molecule has 0 saturated heterocycles. The van der Waals surface area contributed by atoms with Gasteiger partial charge in [-0.25, -0.2) is 9.59 Å². The molecular formula is C28H28O4. The van der Waals surface area contributed by atoms with Crippen molar-refractivity contribution in [2.24, 2.45) is 0 Å². The molecule has 0 saturated carbocycles. The van der Waals surface area contributed by atoms with E-state index in [0.29, 0.717) is 24.0 Å². The fraction of sp³-hybridized carbons (Fsp3) is 0.286. The monoisotopic (exact) mass is 428 g/mol. The van der Waals surface area contributed by atoms with Gasteiger partial charge in [0.1, 0.15) is 12.2 Å². The lowest BCUT2D eigenvalue weighted by Crippen LogP contribution is -2.41. The minimum absolute atomic E-state index is 0.395. The first-order valence-corrected chi connectivity index (χ1v) is 10.9. The molecule has 0 unspecified atom stereocenters. The van der Waals surface area contributed by atoms with Crippen LogP contribution in [-0.4, -0.2) is 24.1 Å². The lowest BCUT2D eigenvalue weighted by atomic mass is 9.87. The molecule has 1 aliphatic carbocycles. The van der Waals surface area contributed by atoms with E-state index in [1.165, 1.54) is 0 Å². The molecule has 0 bridgehead atoms. The second kappa shape index (κ2) is 8.99. The molecule has 2 atom stereocenters. The van der Waals surface area contributed by atoms with E-state index in [0.717, 1.165) is 33.4 Å². The molecule has 0 amide bonds. The van der Waals surface area contributed by atoms with Crippen molar-refractivity contribution < 1.29 is 19.1 Å². The Morgan fingerprint density at radius 2 is 0.969 bits per heavy atom. The third-order valence-electron chi connectivity index (χ3n) is 5.81. The van der Waals surface area contributed by atoms with E-state index in [2.05, 4.69) is 0 Å². The fourth-order valence-corrected chi connectivity index (χ4v) is 4.48. The van der Waals surface area contributed by atoms with Crippen molar-refractivity contribution in [3.8, 4) is 0 Å². The molecule has 0 aliphatic heterocycles. The molecule has 0 N–H and O–H groups in total. The summed E-state index contributed by atoms with van der Waals surface area (Å²) in [5.74, 6) is -0.790. The first-order chi connectivity index (χ1) is 15.3. The quantitative estimate of drug-likeness (QED) is 0.517. The largest absolute Gasteiger partial charge is 0.454 e. The van der Waals surface area contributed by atoms with Crippen molar-refractivity contribution in [1.29, 1.82) is 0 Å². The summed E-state index contributed by atoms with van der Waals surface area (Å²) in [5, 5.41) is 0. The van der Waals surface area contributed by atoms with Crippen LogP contribution in [0, 0.1) is 27.7 Å². The highest BCUT2D eigenvalue weighted by Crippen LogP contribution is 2.27. The molecule has 0 spiro atoms. The van der Waals surface area contributed by atoms with Gasteiger partial charge in [0, 0.05) is 12.8 Å². The molecule has 4 heteroatoms. The number of carbonyl (C=O) groups excluding carboxylic acids is 2. The molecule has 3 aromatic carbocycles. The van der Waals surface area contributed by atoms with Gasteiger partial charge in [-0.05, 0) is 63.1 Å². The third kappa shape index (κ3) is 4.91. The summed E-state index contributed by atoms with van der Waals surface area (Å²) >= 11 is 0. The van der Waals surface area contributed by atoms with Crippen LogP contribution >= 0.6 is 0 Å². The van der Waals surface area contributed by atoms with Gasteiger partial charge < -0.3 is 9.47 Å². The van der Waals surface area contributed by atoms with Crippen molar-refractivity contribution in [3.63, 3.8) is 0 Å². The third-order valence-corrected chi connectivity index (χ3v) is 5.81. The molecule has 4 nitrogen and oxygen atoms in total. The number of hydrogen-bond acceptors (Lipinski definition) is 4. The van der Waals surface area contributed by atoms with E-state index in [-0.39, 0.29) is 0 Å². The number of benzene rings is 3. The highest BCUT2D eigenvalue weighted by molar-refractivity contribution is 5.91. The van der Waals surface area contributed by atoms with Crippen LogP contribution in [0.3, 0.4) is 0 Å². The maximum Gasteiger partial charge on any atom is 0.338 e. The number of rotatable bonds is 4. The summed E-state index contributed by atoms with van der Waals surface area (Å²) in [5.41, 5.74) is 7.27. The average Bonchev–Trinajstić information content (AvgIpc) is 2.72. The Bertz CT molecular complexity index is 1040. The van der Waals surface area contributed by atoms with Gasteiger partial charge >= 0.3 is 11.9 Å². The Morgan fingerprint density at radius 1 is 0.625 bits per heavy atom. The Hall–Kier alpha value is -3.40. The molecule has 0 heterocycles. The van der Waals surface area contributed by atoms with Crippen molar-refractivity contribution >= 4 is 11.9 Å². The van der Waals surface area contributed by atoms with Crippen LogP contribution in [0.25, 0.3) is 0 Å². The summed E-state index contributed by atoms with van der Waals surface area (Å²) in [6, 6.07) is 19.3. The SMILES string of the molecule is Cc1cc(C)cc(C(=O)O[C@H]2Cc3ccccc3C[C@H]2OC(=O)c2cc(C)cc(C)c2)c1. The second-order valence-electron chi connectivity index (χ2n) is 8.82. The normalized spacial score (nSPS) is 17.4. The van der Waals surface area contributed by atoms with Crippen molar-refractivity contribution in [2.75, 3.05) is 0 Å². The van der Waals surface area contributed by atoms with Crippen LogP contribution in [0.2, 0.25) is 0 Å². The first kappa shape index (κ1) is 21.8. The number of esters is 2. The first-order valence-electron chi connectivity index (χ1n) is 10.9. The predicted octanol–water partition coefficient (Wildman–Crippen LogP) is 5.47. The predicted molar refractivity (Wildman–Crippen MR) is 124 cm³/mol. The highest BCUT2D eigenvalue weighted by Gasteiger charge is 2.34. The van der Waals surface area contributed by atoms with Gasteiger partial charge in [-0.2, -0.15) is 0 Å². The second-order valence-corrected chi connectivity index (χ2v) is 8.82. The summed E-state index contributed by atoms with van der Waals surface area (Å²) in [6.07, 6.45) is -0.0733. The van der Waals surface area contributed by atoms with Crippen molar-refractivity contribution in [3.05, 3.63) is 105 Å². The van der Waals surface area contributed by atoms with Gasteiger partial charge in [0.05, 0.1) is 11.1 Å². The molecule has 3 aromatic rings. The Labute approximate surface area is 189 Å². The topological polar surface area (TPSA) is 52.6 Å². The summed E-state index contributed by atoms with van der Waals surface area (Å²) in [4.78, 5) is 25.9. The van der Waals surface area contributed by atoms with Gasteiger partial charge in [0.15, 0.2) is 0 Å². The van der Waals surface area contributed by atoms with Gasteiger partial charge in [0.2, 0.25) is 0 Å². The maximum atomic E-state index is 13.0.